The van der Waals surface area contributed by atoms with Gasteiger partial charge >= 0.3 is 0 Å². The Morgan fingerprint density at radius 3 is 2.46 bits per heavy atom. The van der Waals surface area contributed by atoms with Gasteiger partial charge in [-0.25, -0.2) is 0 Å². The summed E-state index contributed by atoms with van der Waals surface area (Å²) >= 11 is 0. The maximum atomic E-state index is 4.19. The van der Waals surface area contributed by atoms with E-state index >= 15 is 0 Å². The number of nitrogens with zero attached hydrogens (tertiary/aromatic N) is 2. The Balaban J connectivity index is 0.00000288. The molecular weight excluding hydrogens is 411 g/mol. The van der Waals surface area contributed by atoms with Crippen molar-refractivity contribution >= 4 is 35.6 Å². The van der Waals surface area contributed by atoms with Crippen LogP contribution in [0.1, 0.15) is 37.7 Å². The summed E-state index contributed by atoms with van der Waals surface area (Å²) < 4.78 is 0. The third kappa shape index (κ3) is 6.34. The molecule has 4 nitrogen and oxygen atoms in total. The molecule has 1 aliphatic rings. The molecule has 2 rings (SSSR count). The zero-order valence-corrected chi connectivity index (χ0v) is 17.3. The lowest BCUT2D eigenvalue weighted by molar-refractivity contribution is 0.427. The van der Waals surface area contributed by atoms with Crippen LogP contribution in [-0.2, 0) is 6.54 Å². The highest BCUT2D eigenvalue weighted by molar-refractivity contribution is 14.0. The molecule has 0 aliphatic heterocycles. The lowest BCUT2D eigenvalue weighted by Gasteiger charge is -2.33. The number of nitrogens with one attached hydrogen (secondary N) is 2. The summed E-state index contributed by atoms with van der Waals surface area (Å²) in [6, 6.07) is 9.55. The fourth-order valence-corrected chi connectivity index (χ4v) is 3.10. The van der Waals surface area contributed by atoms with E-state index in [-0.39, 0.29) is 24.0 Å². The van der Waals surface area contributed by atoms with Crippen LogP contribution in [-0.4, -0.2) is 32.6 Å². The van der Waals surface area contributed by atoms with E-state index in [0.717, 1.165) is 12.5 Å². The molecule has 0 radical (unpaired) electrons. The van der Waals surface area contributed by atoms with Crippen molar-refractivity contribution in [3.8, 4) is 0 Å². The van der Waals surface area contributed by atoms with Crippen molar-refractivity contribution in [2.45, 2.75) is 44.7 Å². The smallest absolute Gasteiger partial charge is 0.191 e. The van der Waals surface area contributed by atoms with Crippen molar-refractivity contribution in [2.75, 3.05) is 25.5 Å². The molecule has 0 aromatic heterocycles. The zero-order chi connectivity index (χ0) is 16.5. The first-order chi connectivity index (χ1) is 11.2. The Kier molecular flexibility index (Phi) is 9.83. The van der Waals surface area contributed by atoms with Crippen molar-refractivity contribution in [3.05, 3.63) is 42.5 Å². The van der Waals surface area contributed by atoms with Crippen LogP contribution < -0.4 is 15.5 Å². The SMILES string of the molecule is C=CCNC(=NC)NCc1ccc(N(C)C2CCCCC2)cc1.I. The van der Waals surface area contributed by atoms with Crippen LogP contribution in [0.4, 0.5) is 5.69 Å². The molecule has 24 heavy (non-hydrogen) atoms. The van der Waals surface area contributed by atoms with E-state index in [1.165, 1.54) is 43.4 Å². The van der Waals surface area contributed by atoms with Gasteiger partial charge in [0.1, 0.15) is 0 Å². The molecule has 1 aliphatic carbocycles. The van der Waals surface area contributed by atoms with Crippen LogP contribution in [0, 0.1) is 0 Å². The molecule has 0 spiro atoms. The van der Waals surface area contributed by atoms with E-state index < -0.39 is 0 Å². The van der Waals surface area contributed by atoms with Gasteiger partial charge in [0, 0.05) is 38.9 Å². The minimum Gasteiger partial charge on any atom is -0.372 e. The van der Waals surface area contributed by atoms with E-state index in [4.69, 9.17) is 0 Å². The van der Waals surface area contributed by atoms with Gasteiger partial charge in [-0.05, 0) is 30.5 Å². The topological polar surface area (TPSA) is 39.7 Å². The first-order valence-corrected chi connectivity index (χ1v) is 8.61. The summed E-state index contributed by atoms with van der Waals surface area (Å²) in [6.45, 7) is 5.18. The second-order valence-corrected chi connectivity index (χ2v) is 6.16. The third-order valence-corrected chi connectivity index (χ3v) is 4.56. The molecule has 0 bridgehead atoms. The summed E-state index contributed by atoms with van der Waals surface area (Å²) in [6.07, 6.45) is 8.61. The quantitative estimate of drug-likeness (QED) is 0.304. The van der Waals surface area contributed by atoms with Crippen LogP contribution in [0.3, 0.4) is 0 Å². The molecule has 5 heteroatoms. The summed E-state index contributed by atoms with van der Waals surface area (Å²) in [5, 5.41) is 6.48. The van der Waals surface area contributed by atoms with Crippen LogP contribution in [0.25, 0.3) is 0 Å². The number of rotatable bonds is 6. The van der Waals surface area contributed by atoms with Crippen molar-refractivity contribution in [2.24, 2.45) is 4.99 Å². The molecule has 2 N–H and O–H groups in total. The van der Waals surface area contributed by atoms with Crippen molar-refractivity contribution in [1.29, 1.82) is 0 Å². The first-order valence-electron chi connectivity index (χ1n) is 8.61. The van der Waals surface area contributed by atoms with Gasteiger partial charge in [-0.15, -0.1) is 30.6 Å². The predicted molar refractivity (Wildman–Crippen MR) is 116 cm³/mol. The molecule has 0 heterocycles. The molecule has 134 valence electrons. The van der Waals surface area contributed by atoms with Crippen LogP contribution >= 0.6 is 24.0 Å². The minimum absolute atomic E-state index is 0. The van der Waals surface area contributed by atoms with Gasteiger partial charge in [-0.3, -0.25) is 4.99 Å². The van der Waals surface area contributed by atoms with Crippen molar-refractivity contribution in [3.63, 3.8) is 0 Å². The summed E-state index contributed by atoms with van der Waals surface area (Å²) in [5.41, 5.74) is 2.57. The number of anilines is 1. The highest BCUT2D eigenvalue weighted by atomic mass is 127. The van der Waals surface area contributed by atoms with Crippen molar-refractivity contribution in [1.82, 2.24) is 10.6 Å². The van der Waals surface area contributed by atoms with Gasteiger partial charge in [0.2, 0.25) is 0 Å². The maximum Gasteiger partial charge on any atom is 0.191 e. The van der Waals surface area contributed by atoms with Gasteiger partial charge in [-0.1, -0.05) is 37.5 Å². The van der Waals surface area contributed by atoms with Crippen LogP contribution in [0.2, 0.25) is 0 Å². The van der Waals surface area contributed by atoms with Gasteiger partial charge < -0.3 is 15.5 Å². The molecule has 0 saturated heterocycles. The van der Waals surface area contributed by atoms with E-state index in [1.54, 1.807) is 7.05 Å². The zero-order valence-electron chi connectivity index (χ0n) is 14.9. The van der Waals surface area contributed by atoms with E-state index in [1.807, 2.05) is 6.08 Å². The molecule has 1 aromatic rings. The molecule has 1 saturated carbocycles. The lowest BCUT2D eigenvalue weighted by Crippen LogP contribution is -2.36. The normalized spacial score (nSPS) is 15.3. The fraction of sp³-hybridized carbons (Fsp3) is 0.526. The van der Waals surface area contributed by atoms with Crippen LogP contribution in [0.15, 0.2) is 41.9 Å². The highest BCUT2D eigenvalue weighted by Crippen LogP contribution is 2.26. The lowest BCUT2D eigenvalue weighted by atomic mass is 9.94. The number of hydrogen-bond acceptors (Lipinski definition) is 2. The Labute approximate surface area is 163 Å². The highest BCUT2D eigenvalue weighted by Gasteiger charge is 2.18. The molecule has 1 fully saturated rings. The summed E-state index contributed by atoms with van der Waals surface area (Å²) in [7, 11) is 4.00. The summed E-state index contributed by atoms with van der Waals surface area (Å²) in [5.74, 6) is 0.799. The second-order valence-electron chi connectivity index (χ2n) is 6.16. The second kappa shape index (κ2) is 11.3. The van der Waals surface area contributed by atoms with E-state index in [2.05, 4.69) is 58.4 Å². The van der Waals surface area contributed by atoms with Gasteiger partial charge in [0.05, 0.1) is 0 Å². The third-order valence-electron chi connectivity index (χ3n) is 4.56. The Morgan fingerprint density at radius 2 is 1.88 bits per heavy atom. The van der Waals surface area contributed by atoms with Gasteiger partial charge in [0.25, 0.3) is 0 Å². The monoisotopic (exact) mass is 442 g/mol. The molecule has 0 amide bonds. The number of benzene rings is 1. The largest absolute Gasteiger partial charge is 0.372 e. The summed E-state index contributed by atoms with van der Waals surface area (Å²) in [4.78, 5) is 6.63. The number of guanidine groups is 1. The van der Waals surface area contributed by atoms with Gasteiger partial charge in [-0.2, -0.15) is 0 Å². The molecular formula is C19H31IN4. The van der Waals surface area contributed by atoms with Gasteiger partial charge in [0.15, 0.2) is 5.96 Å². The predicted octanol–water partition coefficient (Wildman–Crippen LogP) is 3.92. The Morgan fingerprint density at radius 1 is 1.21 bits per heavy atom. The number of aliphatic imine (C=N–C) groups is 1. The Bertz CT molecular complexity index is 507. The van der Waals surface area contributed by atoms with E-state index in [9.17, 15) is 0 Å². The molecule has 0 atom stereocenters. The first kappa shape index (κ1) is 20.8. The van der Waals surface area contributed by atoms with E-state index in [0.29, 0.717) is 12.6 Å². The number of halogens is 1. The Hall–Kier alpha value is -1.24. The van der Waals surface area contributed by atoms with Crippen LogP contribution in [0.5, 0.6) is 0 Å². The minimum atomic E-state index is 0. The average Bonchev–Trinajstić information content (AvgIpc) is 2.62. The number of hydrogen-bond donors (Lipinski definition) is 2. The fourth-order valence-electron chi connectivity index (χ4n) is 3.10. The molecule has 1 aromatic carbocycles. The standard InChI is InChI=1S/C19H30N4.HI/c1-4-14-21-19(20-2)22-15-16-10-12-18(13-11-16)23(3)17-8-6-5-7-9-17;/h4,10-13,17H,1,5-9,14-15H2,2-3H3,(H2,20,21,22);1H. The van der Waals surface area contributed by atoms with Crippen molar-refractivity contribution < 1.29 is 0 Å². The maximum absolute atomic E-state index is 4.19. The average molecular weight is 442 g/mol. The molecule has 0 unspecified atom stereocenters.